The van der Waals surface area contributed by atoms with Crippen molar-refractivity contribution in [2.24, 2.45) is 23.0 Å². The van der Waals surface area contributed by atoms with Crippen molar-refractivity contribution in [3.8, 4) is 0 Å². The van der Waals surface area contributed by atoms with E-state index < -0.39 is 0 Å². The first-order chi connectivity index (χ1) is 6.22. The van der Waals surface area contributed by atoms with Crippen molar-refractivity contribution in [1.82, 2.24) is 0 Å². The smallest absolute Gasteiger partial charge is 0.0946 e. The minimum absolute atomic E-state index is 0.382. The maximum absolute atomic E-state index is 9.88. The van der Waals surface area contributed by atoms with E-state index in [1.807, 2.05) is 0 Å². The molecule has 0 radical (unpaired) electrons. The molecule has 0 aromatic heterocycles. The van der Waals surface area contributed by atoms with Crippen LogP contribution >= 0.6 is 0 Å². The Kier molecular flexibility index (Phi) is 1.39. The highest BCUT2D eigenvalue weighted by Gasteiger charge is 2.49. The molecule has 2 nitrogen and oxygen atoms in total. The maximum Gasteiger partial charge on any atom is 0.0946 e. The molecule has 4 aliphatic carbocycles. The Labute approximate surface area is 78.8 Å². The number of aliphatic hydroxyl groups excluding tert-OH is 1. The van der Waals surface area contributed by atoms with Crippen molar-refractivity contribution in [2.75, 3.05) is 6.54 Å². The van der Waals surface area contributed by atoms with Gasteiger partial charge in [-0.15, -0.1) is 0 Å². The van der Waals surface area contributed by atoms with Crippen LogP contribution in [0.4, 0.5) is 0 Å². The molecule has 2 heteroatoms. The number of allylic oxidation sites excluding steroid dienone is 2. The molecule has 4 aliphatic rings. The maximum atomic E-state index is 9.88. The first-order valence-electron chi connectivity index (χ1n) is 5.33. The summed E-state index contributed by atoms with van der Waals surface area (Å²) >= 11 is 0. The van der Waals surface area contributed by atoms with Crippen molar-refractivity contribution in [1.29, 1.82) is 0 Å². The van der Waals surface area contributed by atoms with Gasteiger partial charge >= 0.3 is 0 Å². The average molecular weight is 179 g/mol. The van der Waals surface area contributed by atoms with Crippen LogP contribution in [0.3, 0.4) is 0 Å². The minimum atomic E-state index is 0.382. The summed E-state index contributed by atoms with van der Waals surface area (Å²) in [6.45, 7) is 0.816. The van der Waals surface area contributed by atoms with Gasteiger partial charge in [-0.1, -0.05) is 0 Å². The Bertz CT molecular complexity index is 284. The Hall–Kier alpha value is -0.500. The SMILES string of the molecule is NCC12CC3=C(O)C(CC(C3)C1)C2. The molecule has 0 saturated heterocycles. The van der Waals surface area contributed by atoms with Gasteiger partial charge in [0.2, 0.25) is 0 Å². The molecule has 3 unspecified atom stereocenters. The molecule has 72 valence electrons. The van der Waals surface area contributed by atoms with E-state index in [1.165, 1.54) is 18.4 Å². The van der Waals surface area contributed by atoms with Gasteiger partial charge < -0.3 is 10.8 Å². The highest BCUT2D eigenvalue weighted by Crippen LogP contribution is 2.58. The number of aliphatic hydroxyl groups is 1. The lowest BCUT2D eigenvalue weighted by atomic mass is 9.53. The monoisotopic (exact) mass is 179 g/mol. The van der Waals surface area contributed by atoms with E-state index in [2.05, 4.69) is 0 Å². The van der Waals surface area contributed by atoms with Gasteiger partial charge in [-0.3, -0.25) is 0 Å². The van der Waals surface area contributed by atoms with E-state index in [0.717, 1.165) is 37.5 Å². The van der Waals surface area contributed by atoms with Crippen LogP contribution in [0.25, 0.3) is 0 Å². The fraction of sp³-hybridized carbons (Fsp3) is 0.818. The molecule has 0 heterocycles. The topological polar surface area (TPSA) is 46.2 Å². The van der Waals surface area contributed by atoms with E-state index in [-0.39, 0.29) is 0 Å². The third-order valence-corrected chi connectivity index (χ3v) is 4.32. The standard InChI is InChI=1S/C11H17NO/c12-6-11-3-7-1-8(4-11)10(13)9(2-7)5-11/h7-8,13H,1-6,12H2. The zero-order valence-corrected chi connectivity index (χ0v) is 7.92. The third kappa shape index (κ3) is 0.925. The van der Waals surface area contributed by atoms with Crippen LogP contribution in [0.15, 0.2) is 11.3 Å². The Morgan fingerprint density at radius 1 is 1.46 bits per heavy atom. The number of nitrogens with two attached hydrogens (primary N) is 1. The molecule has 4 bridgehead atoms. The zero-order valence-electron chi connectivity index (χ0n) is 7.92. The molecule has 3 atom stereocenters. The molecule has 3 N–H and O–H groups in total. The van der Waals surface area contributed by atoms with E-state index in [0.29, 0.717) is 11.3 Å². The summed E-state index contributed by atoms with van der Waals surface area (Å²) in [5.41, 5.74) is 7.59. The average Bonchev–Trinajstić information content (AvgIpc) is 2.13. The molecule has 0 aliphatic heterocycles. The highest BCUT2D eigenvalue weighted by atomic mass is 16.3. The van der Waals surface area contributed by atoms with E-state index >= 15 is 0 Å². The van der Waals surface area contributed by atoms with Crippen LogP contribution in [0, 0.1) is 17.3 Å². The Morgan fingerprint density at radius 2 is 2.31 bits per heavy atom. The Morgan fingerprint density at radius 3 is 3.00 bits per heavy atom. The van der Waals surface area contributed by atoms with Crippen molar-refractivity contribution < 1.29 is 5.11 Å². The molecule has 0 amide bonds. The lowest BCUT2D eigenvalue weighted by Gasteiger charge is -2.53. The largest absolute Gasteiger partial charge is 0.512 e. The fourth-order valence-electron chi connectivity index (χ4n) is 3.89. The summed E-state index contributed by atoms with van der Waals surface area (Å²) in [7, 11) is 0. The second kappa shape index (κ2) is 2.30. The summed E-state index contributed by atoms with van der Waals surface area (Å²) in [5.74, 6) is 2.04. The zero-order chi connectivity index (χ0) is 9.05. The van der Waals surface area contributed by atoms with Crippen molar-refractivity contribution in [3.05, 3.63) is 11.3 Å². The van der Waals surface area contributed by atoms with E-state index in [9.17, 15) is 5.11 Å². The molecular formula is C11H17NO. The quantitative estimate of drug-likeness (QED) is 0.646. The summed E-state index contributed by atoms with van der Waals surface area (Å²) in [6, 6.07) is 0. The first kappa shape index (κ1) is 7.86. The van der Waals surface area contributed by atoms with Crippen molar-refractivity contribution in [3.63, 3.8) is 0 Å². The van der Waals surface area contributed by atoms with Gasteiger partial charge in [0.05, 0.1) is 5.76 Å². The van der Waals surface area contributed by atoms with Crippen LogP contribution in [0.2, 0.25) is 0 Å². The summed E-state index contributed by atoms with van der Waals surface area (Å²) in [6.07, 6.45) is 5.93. The van der Waals surface area contributed by atoms with Gasteiger partial charge in [-0.05, 0) is 55.6 Å². The Balaban J connectivity index is 2.04. The van der Waals surface area contributed by atoms with Gasteiger partial charge in [0, 0.05) is 5.92 Å². The molecule has 13 heavy (non-hydrogen) atoms. The van der Waals surface area contributed by atoms with Crippen LogP contribution < -0.4 is 5.73 Å². The van der Waals surface area contributed by atoms with E-state index in [4.69, 9.17) is 5.73 Å². The number of hydrogen-bond donors (Lipinski definition) is 2. The predicted molar refractivity (Wildman–Crippen MR) is 51.2 cm³/mol. The van der Waals surface area contributed by atoms with Crippen molar-refractivity contribution in [2.45, 2.75) is 32.1 Å². The molecule has 0 spiro atoms. The van der Waals surface area contributed by atoms with Gasteiger partial charge in [0.25, 0.3) is 0 Å². The fourth-order valence-corrected chi connectivity index (χ4v) is 3.89. The molecule has 0 aromatic rings. The van der Waals surface area contributed by atoms with Gasteiger partial charge in [0.15, 0.2) is 0 Å². The van der Waals surface area contributed by atoms with Crippen molar-refractivity contribution >= 4 is 0 Å². The van der Waals surface area contributed by atoms with Crippen LogP contribution in [0.5, 0.6) is 0 Å². The summed E-state index contributed by atoms with van der Waals surface area (Å²) in [5, 5.41) is 9.88. The van der Waals surface area contributed by atoms with Crippen LogP contribution in [-0.4, -0.2) is 11.7 Å². The second-order valence-corrected chi connectivity index (χ2v) is 5.28. The van der Waals surface area contributed by atoms with Gasteiger partial charge in [-0.25, -0.2) is 0 Å². The molecule has 0 aromatic carbocycles. The number of rotatable bonds is 1. The molecular weight excluding hydrogens is 162 g/mol. The predicted octanol–water partition coefficient (Wildman–Crippen LogP) is 1.97. The van der Waals surface area contributed by atoms with Crippen LogP contribution in [0.1, 0.15) is 32.1 Å². The molecule has 2 fully saturated rings. The first-order valence-corrected chi connectivity index (χ1v) is 5.33. The lowest BCUT2D eigenvalue weighted by Crippen LogP contribution is -2.46. The highest BCUT2D eigenvalue weighted by molar-refractivity contribution is 5.25. The molecule has 4 rings (SSSR count). The van der Waals surface area contributed by atoms with Gasteiger partial charge in [0.1, 0.15) is 0 Å². The van der Waals surface area contributed by atoms with Crippen LogP contribution in [-0.2, 0) is 0 Å². The minimum Gasteiger partial charge on any atom is -0.512 e. The summed E-state index contributed by atoms with van der Waals surface area (Å²) in [4.78, 5) is 0. The number of hydrogen-bond acceptors (Lipinski definition) is 2. The lowest BCUT2D eigenvalue weighted by molar-refractivity contribution is 0.0373. The van der Waals surface area contributed by atoms with Gasteiger partial charge in [-0.2, -0.15) is 0 Å². The van der Waals surface area contributed by atoms with E-state index in [1.54, 1.807) is 0 Å². The third-order valence-electron chi connectivity index (χ3n) is 4.32. The molecule has 2 saturated carbocycles. The summed E-state index contributed by atoms with van der Waals surface area (Å²) < 4.78 is 0. The normalized spacial score (nSPS) is 47.5. The second-order valence-electron chi connectivity index (χ2n) is 5.28.